The zero-order chi connectivity index (χ0) is 20.7. The Balaban J connectivity index is 1.96. The molecule has 6 heteroatoms. The second-order valence-electron chi connectivity index (χ2n) is 8.26. The smallest absolute Gasteiger partial charge is 0.245 e. The van der Waals surface area contributed by atoms with E-state index in [9.17, 15) is 9.59 Å². The highest BCUT2D eigenvalue weighted by atomic mass is 16.5. The van der Waals surface area contributed by atoms with Crippen molar-refractivity contribution in [1.29, 1.82) is 0 Å². The average molecular weight is 390 g/mol. The Labute approximate surface area is 169 Å². The van der Waals surface area contributed by atoms with E-state index >= 15 is 0 Å². The molecule has 1 N–H and O–H groups in total. The predicted octanol–water partition coefficient (Wildman–Crippen LogP) is 2.49. The summed E-state index contributed by atoms with van der Waals surface area (Å²) in [5.41, 5.74) is 1.08. The van der Waals surface area contributed by atoms with Gasteiger partial charge in [-0.25, -0.2) is 0 Å². The van der Waals surface area contributed by atoms with Crippen LogP contribution in [-0.2, 0) is 9.59 Å². The highest BCUT2D eigenvalue weighted by molar-refractivity contribution is 5.88. The third-order valence-corrected chi connectivity index (χ3v) is 5.33. The van der Waals surface area contributed by atoms with Crippen molar-refractivity contribution in [2.24, 2.45) is 5.92 Å². The van der Waals surface area contributed by atoms with Crippen molar-refractivity contribution in [1.82, 2.24) is 15.1 Å². The van der Waals surface area contributed by atoms with Crippen LogP contribution in [0.2, 0.25) is 0 Å². The summed E-state index contributed by atoms with van der Waals surface area (Å²) < 4.78 is 5.19. The van der Waals surface area contributed by atoms with Gasteiger partial charge in [-0.05, 0) is 43.0 Å². The summed E-state index contributed by atoms with van der Waals surface area (Å²) >= 11 is 0. The Bertz CT molecular complexity index is 637. The number of carbonyl (C=O) groups is 2. The molecule has 156 valence electrons. The van der Waals surface area contributed by atoms with Crippen LogP contribution < -0.4 is 10.1 Å². The summed E-state index contributed by atoms with van der Waals surface area (Å²) in [6, 6.07) is 7.33. The molecule has 1 saturated heterocycles. The number of ether oxygens (including phenoxy) is 1. The molecule has 1 fully saturated rings. The van der Waals surface area contributed by atoms with E-state index in [4.69, 9.17) is 4.74 Å². The first-order valence-corrected chi connectivity index (χ1v) is 10.2. The SMILES string of the molecule is COc1ccc(C(C)CC(=O)N[C@@H](CC(C)C)C(=O)N2CCN(C)CC2)cc1. The van der Waals surface area contributed by atoms with E-state index in [1.54, 1.807) is 7.11 Å². The van der Waals surface area contributed by atoms with Gasteiger partial charge in [0.2, 0.25) is 11.8 Å². The van der Waals surface area contributed by atoms with E-state index < -0.39 is 6.04 Å². The minimum absolute atomic E-state index is 0.0484. The average Bonchev–Trinajstić information content (AvgIpc) is 2.67. The summed E-state index contributed by atoms with van der Waals surface area (Å²) in [5, 5.41) is 3.01. The number of carbonyl (C=O) groups excluding carboxylic acids is 2. The molecule has 1 heterocycles. The van der Waals surface area contributed by atoms with Crippen LogP contribution in [0.1, 0.15) is 45.1 Å². The standard InChI is InChI=1S/C22H35N3O3/c1-16(2)14-20(22(27)25-12-10-24(4)11-13-25)23-21(26)15-17(3)18-6-8-19(28-5)9-7-18/h6-9,16-17,20H,10-15H2,1-5H3,(H,23,26)/t17?,20-/m0/s1. The van der Waals surface area contributed by atoms with Gasteiger partial charge in [-0.1, -0.05) is 32.9 Å². The van der Waals surface area contributed by atoms with Crippen molar-refractivity contribution in [2.75, 3.05) is 40.3 Å². The molecule has 0 aliphatic carbocycles. The molecule has 0 bridgehead atoms. The molecule has 0 aromatic heterocycles. The third kappa shape index (κ3) is 6.51. The molecule has 0 saturated carbocycles. The van der Waals surface area contributed by atoms with Gasteiger partial charge in [0.05, 0.1) is 7.11 Å². The second-order valence-corrected chi connectivity index (χ2v) is 8.26. The Hall–Kier alpha value is -2.08. The quantitative estimate of drug-likeness (QED) is 0.742. The highest BCUT2D eigenvalue weighted by Crippen LogP contribution is 2.22. The number of amides is 2. The van der Waals surface area contributed by atoms with E-state index in [-0.39, 0.29) is 17.7 Å². The van der Waals surface area contributed by atoms with Crippen LogP contribution >= 0.6 is 0 Å². The van der Waals surface area contributed by atoms with Crippen molar-refractivity contribution >= 4 is 11.8 Å². The molecule has 1 aromatic carbocycles. The molecule has 1 aliphatic rings. The van der Waals surface area contributed by atoms with Crippen LogP contribution in [0.15, 0.2) is 24.3 Å². The topological polar surface area (TPSA) is 61.9 Å². The number of hydrogen-bond acceptors (Lipinski definition) is 4. The highest BCUT2D eigenvalue weighted by Gasteiger charge is 2.28. The number of hydrogen-bond donors (Lipinski definition) is 1. The first-order valence-electron chi connectivity index (χ1n) is 10.2. The Morgan fingerprint density at radius 2 is 1.68 bits per heavy atom. The normalized spacial score (nSPS) is 17.3. The largest absolute Gasteiger partial charge is 0.497 e. The van der Waals surface area contributed by atoms with Crippen LogP contribution in [-0.4, -0.2) is 68.0 Å². The van der Waals surface area contributed by atoms with Gasteiger partial charge in [0.1, 0.15) is 11.8 Å². The van der Waals surface area contributed by atoms with Crippen molar-refractivity contribution in [3.05, 3.63) is 29.8 Å². The van der Waals surface area contributed by atoms with Gasteiger partial charge < -0.3 is 19.9 Å². The lowest BCUT2D eigenvalue weighted by Gasteiger charge is -2.35. The third-order valence-electron chi connectivity index (χ3n) is 5.33. The van der Waals surface area contributed by atoms with Gasteiger partial charge in [0.15, 0.2) is 0 Å². The first-order chi connectivity index (χ1) is 13.3. The van der Waals surface area contributed by atoms with Gasteiger partial charge >= 0.3 is 0 Å². The summed E-state index contributed by atoms with van der Waals surface area (Å²) in [4.78, 5) is 29.8. The van der Waals surface area contributed by atoms with E-state index in [0.717, 1.165) is 37.5 Å². The fourth-order valence-electron chi connectivity index (χ4n) is 3.52. The molecule has 2 amide bonds. The molecule has 1 aromatic rings. The maximum Gasteiger partial charge on any atom is 0.245 e. The van der Waals surface area contributed by atoms with Crippen LogP contribution in [0.5, 0.6) is 5.75 Å². The number of benzene rings is 1. The molecule has 2 atom stereocenters. The van der Waals surface area contributed by atoms with Crippen molar-refractivity contribution in [3.63, 3.8) is 0 Å². The van der Waals surface area contributed by atoms with E-state index in [0.29, 0.717) is 18.8 Å². The number of nitrogens with one attached hydrogen (secondary N) is 1. The Kier molecular flexibility index (Phi) is 8.30. The number of methoxy groups -OCH3 is 1. The minimum atomic E-state index is -0.445. The fraction of sp³-hybridized carbons (Fsp3) is 0.636. The maximum absolute atomic E-state index is 13.0. The van der Waals surface area contributed by atoms with Crippen LogP contribution in [0, 0.1) is 5.92 Å². The first kappa shape index (κ1) is 22.2. The summed E-state index contributed by atoms with van der Waals surface area (Å²) in [6.45, 7) is 9.39. The Morgan fingerprint density at radius 3 is 2.21 bits per heavy atom. The second kappa shape index (κ2) is 10.5. The van der Waals surface area contributed by atoms with Gasteiger partial charge in [-0.3, -0.25) is 9.59 Å². The van der Waals surface area contributed by atoms with E-state index in [1.165, 1.54) is 0 Å². The summed E-state index contributed by atoms with van der Waals surface area (Å²) in [7, 11) is 3.70. The molecule has 1 aliphatic heterocycles. The van der Waals surface area contributed by atoms with E-state index in [1.807, 2.05) is 36.1 Å². The van der Waals surface area contributed by atoms with Gasteiger partial charge in [0, 0.05) is 32.6 Å². The molecule has 28 heavy (non-hydrogen) atoms. The predicted molar refractivity (Wildman–Crippen MR) is 111 cm³/mol. The number of nitrogens with zero attached hydrogens (tertiary/aromatic N) is 2. The zero-order valence-corrected chi connectivity index (χ0v) is 17.9. The minimum Gasteiger partial charge on any atom is -0.497 e. The Morgan fingerprint density at radius 1 is 1.07 bits per heavy atom. The van der Waals surface area contributed by atoms with Gasteiger partial charge in [-0.2, -0.15) is 0 Å². The fourth-order valence-corrected chi connectivity index (χ4v) is 3.52. The number of piperazine rings is 1. The zero-order valence-electron chi connectivity index (χ0n) is 17.9. The van der Waals surface area contributed by atoms with Crippen LogP contribution in [0.4, 0.5) is 0 Å². The lowest BCUT2D eigenvalue weighted by atomic mass is 9.96. The molecule has 0 spiro atoms. The number of likely N-dealkylation sites (N-methyl/N-ethyl adjacent to an activating group) is 1. The van der Waals surface area contributed by atoms with E-state index in [2.05, 4.69) is 31.1 Å². The molecule has 0 radical (unpaired) electrons. The van der Waals surface area contributed by atoms with Gasteiger partial charge in [0.25, 0.3) is 0 Å². The molecule has 6 nitrogen and oxygen atoms in total. The summed E-state index contributed by atoms with van der Waals surface area (Å²) in [6.07, 6.45) is 1.02. The summed E-state index contributed by atoms with van der Waals surface area (Å²) in [5.74, 6) is 1.18. The van der Waals surface area contributed by atoms with Crippen molar-refractivity contribution < 1.29 is 14.3 Å². The lowest BCUT2D eigenvalue weighted by molar-refractivity contribution is -0.138. The van der Waals surface area contributed by atoms with Crippen molar-refractivity contribution in [3.8, 4) is 5.75 Å². The molecular weight excluding hydrogens is 354 g/mol. The van der Waals surface area contributed by atoms with Gasteiger partial charge in [-0.15, -0.1) is 0 Å². The van der Waals surface area contributed by atoms with Crippen LogP contribution in [0.25, 0.3) is 0 Å². The molecular formula is C22H35N3O3. The lowest BCUT2D eigenvalue weighted by Crippen LogP contribution is -2.54. The maximum atomic E-state index is 13.0. The monoisotopic (exact) mass is 389 g/mol. The van der Waals surface area contributed by atoms with Crippen LogP contribution in [0.3, 0.4) is 0 Å². The van der Waals surface area contributed by atoms with Crippen molar-refractivity contribution in [2.45, 2.75) is 45.6 Å². The molecule has 1 unspecified atom stereocenters. The molecule has 2 rings (SSSR count). The number of rotatable bonds is 8.